The molecule has 0 spiro atoms. The molecule has 0 saturated carbocycles. The molecule has 7 nitrogen and oxygen atoms in total. The summed E-state index contributed by atoms with van der Waals surface area (Å²) in [5, 5.41) is 11.0. The van der Waals surface area contributed by atoms with Crippen molar-refractivity contribution < 1.29 is 9.66 Å². The molecular weight excluding hydrogens is 236 g/mol. The van der Waals surface area contributed by atoms with E-state index in [0.717, 1.165) is 0 Å². The molecule has 1 aromatic rings. The third-order valence-corrected chi connectivity index (χ3v) is 2.79. The number of pyridine rings is 1. The molecule has 0 radical (unpaired) electrons. The number of nitrogens with two attached hydrogens (primary N) is 1. The van der Waals surface area contributed by atoms with Crippen molar-refractivity contribution in [2.45, 2.75) is 26.1 Å². The van der Waals surface area contributed by atoms with Gasteiger partial charge < -0.3 is 15.4 Å². The van der Waals surface area contributed by atoms with Gasteiger partial charge >= 0.3 is 5.69 Å². The van der Waals surface area contributed by atoms with Gasteiger partial charge in [-0.25, -0.2) is 4.98 Å². The van der Waals surface area contributed by atoms with Crippen LogP contribution in [0.25, 0.3) is 0 Å². The third-order valence-electron chi connectivity index (χ3n) is 2.79. The lowest BCUT2D eigenvalue weighted by Crippen LogP contribution is -2.46. The number of aromatic nitrogens is 1. The lowest BCUT2D eigenvalue weighted by atomic mass is 10.2. The average molecular weight is 252 g/mol. The minimum atomic E-state index is -0.438. The van der Waals surface area contributed by atoms with E-state index in [4.69, 9.17) is 10.5 Å². The summed E-state index contributed by atoms with van der Waals surface area (Å²) in [5.41, 5.74) is 5.59. The summed E-state index contributed by atoms with van der Waals surface area (Å²) in [4.78, 5) is 16.5. The summed E-state index contributed by atoms with van der Waals surface area (Å²) < 4.78 is 5.60. The smallest absolute Gasteiger partial charge is 0.311 e. The van der Waals surface area contributed by atoms with Gasteiger partial charge in [0.25, 0.3) is 0 Å². The maximum absolute atomic E-state index is 11.0. The second-order valence-electron chi connectivity index (χ2n) is 4.50. The van der Waals surface area contributed by atoms with Crippen molar-refractivity contribution in [3.05, 3.63) is 22.2 Å². The minimum Gasteiger partial charge on any atom is -0.384 e. The van der Waals surface area contributed by atoms with Gasteiger partial charge in [0.2, 0.25) is 5.82 Å². The molecule has 2 atom stereocenters. The Morgan fingerprint density at radius 1 is 1.44 bits per heavy atom. The van der Waals surface area contributed by atoms with E-state index >= 15 is 0 Å². The number of morpholine rings is 1. The van der Waals surface area contributed by atoms with Gasteiger partial charge in [0.05, 0.1) is 17.1 Å². The van der Waals surface area contributed by atoms with Gasteiger partial charge in [-0.05, 0) is 19.9 Å². The van der Waals surface area contributed by atoms with Gasteiger partial charge in [-0.3, -0.25) is 10.1 Å². The number of hydrogen-bond donors (Lipinski definition) is 1. The third kappa shape index (κ3) is 2.51. The van der Waals surface area contributed by atoms with Crippen LogP contribution in [0.4, 0.5) is 17.3 Å². The number of nitro groups is 1. The van der Waals surface area contributed by atoms with Gasteiger partial charge in [-0.2, -0.15) is 0 Å². The fraction of sp³-hybridized carbons (Fsp3) is 0.545. The Labute approximate surface area is 105 Å². The molecule has 0 aliphatic carbocycles. The van der Waals surface area contributed by atoms with Crippen LogP contribution in [-0.2, 0) is 4.74 Å². The van der Waals surface area contributed by atoms with Gasteiger partial charge in [-0.15, -0.1) is 0 Å². The standard InChI is InChI=1S/C11H16N4O3/c1-7-5-14(6-8(2)18-7)11-9(15(16)17)3-4-10(12)13-11/h3-4,7-8H,5-6H2,1-2H3,(H2,12,13)/t7-,8+. The first-order valence-corrected chi connectivity index (χ1v) is 5.78. The first-order chi connectivity index (χ1) is 8.47. The fourth-order valence-electron chi connectivity index (χ4n) is 2.18. The molecule has 1 saturated heterocycles. The van der Waals surface area contributed by atoms with Crippen molar-refractivity contribution in [3.8, 4) is 0 Å². The van der Waals surface area contributed by atoms with E-state index in [0.29, 0.717) is 18.9 Å². The van der Waals surface area contributed by atoms with Gasteiger partial charge in [0, 0.05) is 19.2 Å². The monoisotopic (exact) mass is 252 g/mol. The van der Waals surface area contributed by atoms with E-state index in [-0.39, 0.29) is 23.7 Å². The predicted molar refractivity (Wildman–Crippen MR) is 67.5 cm³/mol. The normalized spacial score (nSPS) is 24.0. The highest BCUT2D eigenvalue weighted by Gasteiger charge is 2.28. The zero-order valence-electron chi connectivity index (χ0n) is 10.4. The quantitative estimate of drug-likeness (QED) is 0.627. The molecular formula is C11H16N4O3. The van der Waals surface area contributed by atoms with Crippen LogP contribution in [-0.4, -0.2) is 35.2 Å². The summed E-state index contributed by atoms with van der Waals surface area (Å²) in [6.45, 7) is 5.00. The predicted octanol–water partition coefficient (Wildman–Crippen LogP) is 1.19. The number of anilines is 2. The maximum atomic E-state index is 11.0. The van der Waals surface area contributed by atoms with E-state index < -0.39 is 4.92 Å². The molecule has 2 rings (SSSR count). The Kier molecular flexibility index (Phi) is 3.33. The van der Waals surface area contributed by atoms with Crippen LogP contribution >= 0.6 is 0 Å². The molecule has 7 heteroatoms. The fourth-order valence-corrected chi connectivity index (χ4v) is 2.18. The van der Waals surface area contributed by atoms with Crippen molar-refractivity contribution in [1.29, 1.82) is 0 Å². The van der Waals surface area contributed by atoms with Crippen molar-refractivity contribution in [1.82, 2.24) is 4.98 Å². The van der Waals surface area contributed by atoms with Crippen molar-refractivity contribution in [3.63, 3.8) is 0 Å². The van der Waals surface area contributed by atoms with Crippen molar-refractivity contribution >= 4 is 17.3 Å². The molecule has 2 heterocycles. The van der Waals surface area contributed by atoms with Crippen LogP contribution in [0, 0.1) is 10.1 Å². The Balaban J connectivity index is 2.36. The lowest BCUT2D eigenvalue weighted by molar-refractivity contribution is -0.384. The Morgan fingerprint density at radius 2 is 2.06 bits per heavy atom. The van der Waals surface area contributed by atoms with E-state index in [2.05, 4.69) is 4.98 Å². The van der Waals surface area contributed by atoms with Gasteiger partial charge in [0.1, 0.15) is 5.82 Å². The summed E-state index contributed by atoms with van der Waals surface area (Å²) in [7, 11) is 0. The summed E-state index contributed by atoms with van der Waals surface area (Å²) >= 11 is 0. The van der Waals surface area contributed by atoms with Crippen molar-refractivity contribution in [2.75, 3.05) is 23.7 Å². The number of nitrogen functional groups attached to an aromatic ring is 1. The van der Waals surface area contributed by atoms with E-state index in [1.165, 1.54) is 12.1 Å². The average Bonchev–Trinajstić information content (AvgIpc) is 2.27. The molecule has 1 fully saturated rings. The molecule has 1 aromatic heterocycles. The minimum absolute atomic E-state index is 0.0107. The molecule has 1 aliphatic rings. The van der Waals surface area contributed by atoms with Crippen LogP contribution < -0.4 is 10.6 Å². The molecule has 18 heavy (non-hydrogen) atoms. The summed E-state index contributed by atoms with van der Waals surface area (Å²) in [5.74, 6) is 0.601. The maximum Gasteiger partial charge on any atom is 0.311 e. The largest absolute Gasteiger partial charge is 0.384 e. The number of ether oxygens (including phenoxy) is 1. The summed E-state index contributed by atoms with van der Waals surface area (Å²) in [6.07, 6.45) is 0.0215. The topological polar surface area (TPSA) is 94.5 Å². The van der Waals surface area contributed by atoms with Gasteiger partial charge in [0.15, 0.2) is 0 Å². The molecule has 1 aliphatic heterocycles. The second kappa shape index (κ2) is 4.77. The Bertz CT molecular complexity index is 456. The highest BCUT2D eigenvalue weighted by Crippen LogP contribution is 2.29. The highest BCUT2D eigenvalue weighted by molar-refractivity contribution is 5.61. The SMILES string of the molecule is C[C@@H]1CN(c2nc(N)ccc2[N+](=O)[O-])C[C@H](C)O1. The van der Waals surface area contributed by atoms with Crippen LogP contribution in [0.2, 0.25) is 0 Å². The first kappa shape index (κ1) is 12.6. The number of nitrogens with zero attached hydrogens (tertiary/aromatic N) is 3. The van der Waals surface area contributed by atoms with E-state index in [9.17, 15) is 10.1 Å². The van der Waals surface area contributed by atoms with Crippen molar-refractivity contribution in [2.24, 2.45) is 0 Å². The Morgan fingerprint density at radius 3 is 2.61 bits per heavy atom. The number of rotatable bonds is 2. The van der Waals surface area contributed by atoms with Crippen LogP contribution in [0.3, 0.4) is 0 Å². The van der Waals surface area contributed by atoms with Gasteiger partial charge in [-0.1, -0.05) is 0 Å². The molecule has 2 N–H and O–H groups in total. The number of hydrogen-bond acceptors (Lipinski definition) is 6. The first-order valence-electron chi connectivity index (χ1n) is 5.78. The zero-order chi connectivity index (χ0) is 13.3. The van der Waals surface area contributed by atoms with Crippen LogP contribution in [0.1, 0.15) is 13.8 Å². The molecule has 98 valence electrons. The molecule has 0 amide bonds. The Hall–Kier alpha value is -1.89. The molecule has 0 bridgehead atoms. The summed E-state index contributed by atoms with van der Waals surface area (Å²) in [6, 6.07) is 2.83. The van der Waals surface area contributed by atoms with E-state index in [1.54, 1.807) is 0 Å². The lowest BCUT2D eigenvalue weighted by Gasteiger charge is -2.35. The molecule has 0 aromatic carbocycles. The zero-order valence-corrected chi connectivity index (χ0v) is 10.4. The molecule has 0 unspecified atom stereocenters. The highest BCUT2D eigenvalue weighted by atomic mass is 16.6. The van der Waals surface area contributed by atoms with Crippen LogP contribution in [0.15, 0.2) is 12.1 Å². The van der Waals surface area contributed by atoms with E-state index in [1.807, 2.05) is 18.7 Å². The second-order valence-corrected chi connectivity index (χ2v) is 4.50. The van der Waals surface area contributed by atoms with Crippen LogP contribution in [0.5, 0.6) is 0 Å².